The fourth-order valence-corrected chi connectivity index (χ4v) is 2.57. The van der Waals surface area contributed by atoms with Crippen LogP contribution in [0.3, 0.4) is 0 Å². The van der Waals surface area contributed by atoms with E-state index in [2.05, 4.69) is 31.0 Å². The van der Waals surface area contributed by atoms with E-state index in [4.69, 9.17) is 10.00 Å². The van der Waals surface area contributed by atoms with Crippen molar-refractivity contribution in [1.82, 2.24) is 4.98 Å². The summed E-state index contributed by atoms with van der Waals surface area (Å²) in [6, 6.07) is 10.2. The van der Waals surface area contributed by atoms with Gasteiger partial charge in [0.1, 0.15) is 17.4 Å². The molecule has 0 aliphatic rings. The number of ether oxygens (including phenoxy) is 1. The van der Waals surface area contributed by atoms with E-state index in [0.29, 0.717) is 18.9 Å². The van der Waals surface area contributed by atoms with E-state index in [1.807, 2.05) is 18.2 Å². The SMILES string of the molecule is CC(C)c1ccccc1OCc1ncc(CC#N)s1. The van der Waals surface area contributed by atoms with E-state index < -0.39 is 0 Å². The van der Waals surface area contributed by atoms with Gasteiger partial charge in [-0.3, -0.25) is 0 Å². The Hall–Kier alpha value is -1.86. The number of benzene rings is 1. The molecule has 0 N–H and O–H groups in total. The monoisotopic (exact) mass is 272 g/mol. The number of rotatable bonds is 5. The predicted molar refractivity (Wildman–Crippen MR) is 76.3 cm³/mol. The highest BCUT2D eigenvalue weighted by Gasteiger charge is 2.08. The first-order valence-corrected chi connectivity index (χ1v) is 7.04. The maximum absolute atomic E-state index is 8.63. The minimum Gasteiger partial charge on any atom is -0.486 e. The third-order valence-electron chi connectivity index (χ3n) is 2.75. The van der Waals surface area contributed by atoms with Crippen molar-refractivity contribution in [1.29, 1.82) is 5.26 Å². The number of hydrogen-bond acceptors (Lipinski definition) is 4. The average Bonchev–Trinajstić information content (AvgIpc) is 2.85. The van der Waals surface area contributed by atoms with E-state index in [1.165, 1.54) is 16.9 Å². The van der Waals surface area contributed by atoms with Crippen molar-refractivity contribution in [2.24, 2.45) is 0 Å². The van der Waals surface area contributed by atoms with Gasteiger partial charge in [0, 0.05) is 11.1 Å². The molecule has 0 aliphatic heterocycles. The second-order valence-electron chi connectivity index (χ2n) is 4.54. The molecule has 2 aromatic rings. The van der Waals surface area contributed by atoms with Crippen molar-refractivity contribution < 1.29 is 4.74 Å². The zero-order chi connectivity index (χ0) is 13.7. The molecule has 1 aromatic heterocycles. The smallest absolute Gasteiger partial charge is 0.140 e. The van der Waals surface area contributed by atoms with E-state index in [9.17, 15) is 0 Å². The summed E-state index contributed by atoms with van der Waals surface area (Å²) in [5.41, 5.74) is 1.20. The van der Waals surface area contributed by atoms with Crippen molar-refractivity contribution in [2.75, 3.05) is 0 Å². The Kier molecular flexibility index (Phi) is 4.53. The fourth-order valence-electron chi connectivity index (χ4n) is 1.80. The highest BCUT2D eigenvalue weighted by molar-refractivity contribution is 7.11. The topological polar surface area (TPSA) is 45.9 Å². The predicted octanol–water partition coefficient (Wildman–Crippen LogP) is 3.91. The van der Waals surface area contributed by atoms with Gasteiger partial charge in [-0.05, 0) is 17.5 Å². The molecule has 0 saturated heterocycles. The van der Waals surface area contributed by atoms with Gasteiger partial charge in [-0.15, -0.1) is 11.3 Å². The van der Waals surface area contributed by atoms with Crippen molar-refractivity contribution in [3.8, 4) is 11.8 Å². The van der Waals surface area contributed by atoms with Crippen molar-refractivity contribution in [3.63, 3.8) is 0 Å². The number of nitriles is 1. The maximum Gasteiger partial charge on any atom is 0.140 e. The Morgan fingerprint density at radius 3 is 2.89 bits per heavy atom. The molecule has 0 radical (unpaired) electrons. The summed E-state index contributed by atoms with van der Waals surface area (Å²) in [4.78, 5) is 5.25. The van der Waals surface area contributed by atoms with Gasteiger partial charge < -0.3 is 4.74 Å². The van der Waals surface area contributed by atoms with Gasteiger partial charge >= 0.3 is 0 Å². The molecular formula is C15H16N2OS. The minimum atomic E-state index is 0.417. The Morgan fingerprint density at radius 1 is 1.37 bits per heavy atom. The average molecular weight is 272 g/mol. The lowest BCUT2D eigenvalue weighted by molar-refractivity contribution is 0.301. The van der Waals surface area contributed by atoms with E-state index in [1.54, 1.807) is 6.20 Å². The van der Waals surface area contributed by atoms with E-state index >= 15 is 0 Å². The third kappa shape index (κ3) is 3.55. The second-order valence-corrected chi connectivity index (χ2v) is 5.74. The van der Waals surface area contributed by atoms with Crippen LogP contribution in [0.4, 0.5) is 0 Å². The maximum atomic E-state index is 8.63. The van der Waals surface area contributed by atoms with Gasteiger partial charge in [0.15, 0.2) is 0 Å². The minimum absolute atomic E-state index is 0.417. The molecular weight excluding hydrogens is 256 g/mol. The highest BCUT2D eigenvalue weighted by atomic mass is 32.1. The molecule has 1 heterocycles. The van der Waals surface area contributed by atoms with Gasteiger partial charge in [0.2, 0.25) is 0 Å². The lowest BCUT2D eigenvalue weighted by Crippen LogP contribution is -1.99. The first kappa shape index (κ1) is 13.6. The zero-order valence-corrected chi connectivity index (χ0v) is 11.9. The van der Waals surface area contributed by atoms with E-state index in [-0.39, 0.29) is 0 Å². The number of thiazole rings is 1. The van der Waals surface area contributed by atoms with E-state index in [0.717, 1.165) is 15.6 Å². The van der Waals surface area contributed by atoms with Crippen LogP contribution in [0.15, 0.2) is 30.5 Å². The number of nitrogens with zero attached hydrogens (tertiary/aromatic N) is 2. The Bertz CT molecular complexity index is 584. The molecule has 0 bridgehead atoms. The molecule has 98 valence electrons. The lowest BCUT2D eigenvalue weighted by atomic mass is 10.0. The lowest BCUT2D eigenvalue weighted by Gasteiger charge is -2.12. The fraction of sp³-hybridized carbons (Fsp3) is 0.333. The van der Waals surface area contributed by atoms with Crippen molar-refractivity contribution >= 4 is 11.3 Å². The number of hydrogen-bond donors (Lipinski definition) is 0. The van der Waals surface area contributed by atoms with Crippen LogP contribution in [0.1, 0.15) is 35.2 Å². The molecule has 19 heavy (non-hydrogen) atoms. The van der Waals surface area contributed by atoms with Crippen molar-refractivity contribution in [2.45, 2.75) is 32.8 Å². The summed E-state index contributed by atoms with van der Waals surface area (Å²) in [5.74, 6) is 1.34. The van der Waals surface area contributed by atoms with Crippen LogP contribution in [-0.4, -0.2) is 4.98 Å². The second kappa shape index (κ2) is 6.35. The van der Waals surface area contributed by atoms with Crippen LogP contribution in [0.5, 0.6) is 5.75 Å². The molecule has 2 rings (SSSR count). The van der Waals surface area contributed by atoms with Gasteiger partial charge in [0.25, 0.3) is 0 Å². The van der Waals surface area contributed by atoms with Crippen LogP contribution in [0.25, 0.3) is 0 Å². The number of aromatic nitrogens is 1. The normalized spacial score (nSPS) is 10.4. The summed E-state index contributed by atoms with van der Waals surface area (Å²) < 4.78 is 5.84. The summed E-state index contributed by atoms with van der Waals surface area (Å²) in [5, 5.41) is 9.54. The summed E-state index contributed by atoms with van der Waals surface area (Å²) in [6.07, 6.45) is 2.17. The van der Waals surface area contributed by atoms with Crippen LogP contribution >= 0.6 is 11.3 Å². The molecule has 4 heteroatoms. The molecule has 0 spiro atoms. The standard InChI is InChI=1S/C15H16N2OS/c1-11(2)13-5-3-4-6-14(13)18-10-15-17-9-12(19-15)7-8-16/h3-6,9,11H,7,10H2,1-2H3. The first-order valence-electron chi connectivity index (χ1n) is 6.23. The number of para-hydroxylation sites is 1. The largest absolute Gasteiger partial charge is 0.486 e. The summed E-state index contributed by atoms with van der Waals surface area (Å²) in [6.45, 7) is 4.76. The van der Waals surface area contributed by atoms with Crippen LogP contribution < -0.4 is 4.74 Å². The van der Waals surface area contributed by atoms with Crippen LogP contribution in [-0.2, 0) is 13.0 Å². The van der Waals surface area contributed by atoms with Crippen LogP contribution in [0, 0.1) is 11.3 Å². The molecule has 3 nitrogen and oxygen atoms in total. The van der Waals surface area contributed by atoms with Gasteiger partial charge in [-0.25, -0.2) is 4.98 Å². The molecule has 0 fully saturated rings. The molecule has 0 aliphatic carbocycles. The Labute approximate surface area is 117 Å². The molecule has 0 amide bonds. The summed E-state index contributed by atoms with van der Waals surface area (Å²) >= 11 is 1.53. The van der Waals surface area contributed by atoms with Crippen molar-refractivity contribution in [3.05, 3.63) is 45.9 Å². The third-order valence-corrected chi connectivity index (χ3v) is 3.72. The van der Waals surface area contributed by atoms with Crippen LogP contribution in [0.2, 0.25) is 0 Å². The molecule has 1 aromatic carbocycles. The summed E-state index contributed by atoms with van der Waals surface area (Å²) in [7, 11) is 0. The van der Waals surface area contributed by atoms with Gasteiger partial charge in [-0.1, -0.05) is 32.0 Å². The molecule has 0 saturated carbocycles. The molecule has 0 unspecified atom stereocenters. The first-order chi connectivity index (χ1) is 9.20. The highest BCUT2D eigenvalue weighted by Crippen LogP contribution is 2.27. The Morgan fingerprint density at radius 2 is 2.16 bits per heavy atom. The van der Waals surface area contributed by atoms with Gasteiger partial charge in [-0.2, -0.15) is 5.26 Å². The van der Waals surface area contributed by atoms with Gasteiger partial charge in [0.05, 0.1) is 12.5 Å². The zero-order valence-electron chi connectivity index (χ0n) is 11.1. The molecule has 0 atom stereocenters. The Balaban J connectivity index is 2.04. The quantitative estimate of drug-likeness (QED) is 0.829.